The van der Waals surface area contributed by atoms with Crippen molar-refractivity contribution in [3.8, 4) is 0 Å². The number of fused-ring (bicyclic) bond motifs is 1. The van der Waals surface area contributed by atoms with Crippen LogP contribution in [0.3, 0.4) is 0 Å². The molecule has 0 unspecified atom stereocenters. The molecule has 2 fully saturated rings. The van der Waals surface area contributed by atoms with E-state index in [4.69, 9.17) is 4.74 Å². The predicted octanol–water partition coefficient (Wildman–Crippen LogP) is -1.86. The molecule has 2 N–H and O–H groups in total. The molecule has 4 heteroatoms. The van der Waals surface area contributed by atoms with Crippen molar-refractivity contribution in [2.45, 2.75) is 24.1 Å². The highest BCUT2D eigenvalue weighted by atomic mass is 16.5. The highest BCUT2D eigenvalue weighted by Crippen LogP contribution is 2.28. The number of aliphatic hydroxyl groups is 1. The third kappa shape index (κ3) is 0.796. The summed E-state index contributed by atoms with van der Waals surface area (Å²) in [5.74, 6) is 0.558. The number of rotatable bonds is 0. The Balaban J connectivity index is 2.09. The Labute approximate surface area is 61.2 Å². The molecule has 2 heterocycles. The van der Waals surface area contributed by atoms with Gasteiger partial charge in [0.15, 0.2) is 0 Å². The van der Waals surface area contributed by atoms with Crippen LogP contribution < -0.4 is 5.32 Å². The maximum atomic E-state index is 9.33. The van der Waals surface area contributed by atoms with Gasteiger partial charge in [0.2, 0.25) is 0 Å². The second-order valence-electron chi connectivity index (χ2n) is 3.28. The largest absolute Gasteiger partial charge is 0.389 e. The fourth-order valence-electron chi connectivity index (χ4n) is 1.84. The van der Waals surface area contributed by atoms with Crippen LogP contribution >= 0.6 is 0 Å². The minimum Gasteiger partial charge on any atom is -0.389 e. The molecule has 4 atom stereocenters. The summed E-state index contributed by atoms with van der Waals surface area (Å²) in [6.07, 6.45) is -0.0232. The van der Waals surface area contributed by atoms with E-state index in [-0.39, 0.29) is 18.2 Å². The third-order valence-electron chi connectivity index (χ3n) is 2.46. The van der Waals surface area contributed by atoms with Gasteiger partial charge < -0.3 is 15.2 Å². The summed E-state index contributed by atoms with van der Waals surface area (Å²) in [5, 5.41) is 12.6. The normalized spacial score (nSPS) is 53.3. The Morgan fingerprint density at radius 2 is 2.40 bits per heavy atom. The van der Waals surface area contributed by atoms with Gasteiger partial charge in [-0.3, -0.25) is 0 Å². The molecule has 0 aromatic carbocycles. The van der Waals surface area contributed by atoms with Crippen LogP contribution in [0.15, 0.2) is 0 Å². The van der Waals surface area contributed by atoms with Gasteiger partial charge >= 0.3 is 0 Å². The van der Waals surface area contributed by atoms with E-state index in [1.165, 1.54) is 0 Å². The van der Waals surface area contributed by atoms with Gasteiger partial charge in [-0.1, -0.05) is 0 Å². The standard InChI is InChI=1S/C6H12BNO2/c7-3-1-8-5-4(9)2-10-6(3)5/h3-6,8-9H,1-2,7H2/t3-,4-,5+,6+/m0/s1. The molecule has 0 bridgehead atoms. The van der Waals surface area contributed by atoms with E-state index in [0.29, 0.717) is 12.4 Å². The zero-order chi connectivity index (χ0) is 7.14. The van der Waals surface area contributed by atoms with Crippen molar-refractivity contribution in [2.24, 2.45) is 0 Å². The average Bonchev–Trinajstić information content (AvgIpc) is 2.41. The van der Waals surface area contributed by atoms with Crippen LogP contribution in [0.1, 0.15) is 0 Å². The van der Waals surface area contributed by atoms with Crippen molar-refractivity contribution in [2.75, 3.05) is 13.2 Å². The zero-order valence-electron chi connectivity index (χ0n) is 6.08. The van der Waals surface area contributed by atoms with Gasteiger partial charge in [0.25, 0.3) is 0 Å². The molecule has 2 aliphatic heterocycles. The minimum absolute atomic E-state index is 0.204. The Bertz CT molecular complexity index is 128. The fraction of sp³-hybridized carbons (Fsp3) is 1.00. The molecule has 3 nitrogen and oxygen atoms in total. The highest BCUT2D eigenvalue weighted by Gasteiger charge is 2.43. The molecule has 2 aliphatic rings. The van der Waals surface area contributed by atoms with Gasteiger partial charge in [0, 0.05) is 0 Å². The smallest absolute Gasteiger partial charge is 0.110 e. The van der Waals surface area contributed by atoms with Crippen LogP contribution in [0.25, 0.3) is 0 Å². The lowest BCUT2D eigenvalue weighted by Gasteiger charge is -2.11. The number of aliphatic hydroxyl groups excluding tert-OH is 1. The van der Waals surface area contributed by atoms with Crippen molar-refractivity contribution in [1.82, 2.24) is 5.32 Å². The summed E-state index contributed by atoms with van der Waals surface area (Å²) in [7, 11) is 2.15. The second kappa shape index (κ2) is 2.22. The monoisotopic (exact) mass is 141 g/mol. The van der Waals surface area contributed by atoms with E-state index >= 15 is 0 Å². The third-order valence-corrected chi connectivity index (χ3v) is 2.46. The zero-order valence-corrected chi connectivity index (χ0v) is 6.08. The lowest BCUT2D eigenvalue weighted by Crippen LogP contribution is -2.36. The Hall–Kier alpha value is -0.0551. The minimum atomic E-state index is -0.282. The second-order valence-corrected chi connectivity index (χ2v) is 3.28. The van der Waals surface area contributed by atoms with Gasteiger partial charge in [0.05, 0.1) is 24.9 Å². The van der Waals surface area contributed by atoms with Crippen molar-refractivity contribution in [1.29, 1.82) is 0 Å². The quantitative estimate of drug-likeness (QED) is 0.388. The topological polar surface area (TPSA) is 41.5 Å². The maximum absolute atomic E-state index is 9.33. The molecule has 56 valence electrons. The van der Waals surface area contributed by atoms with E-state index in [9.17, 15) is 5.11 Å². The van der Waals surface area contributed by atoms with Crippen LogP contribution in [0.2, 0.25) is 5.82 Å². The van der Waals surface area contributed by atoms with Crippen molar-refractivity contribution in [3.63, 3.8) is 0 Å². The Morgan fingerprint density at radius 1 is 1.60 bits per heavy atom. The first-order valence-electron chi connectivity index (χ1n) is 3.82. The molecule has 2 saturated heterocycles. The van der Waals surface area contributed by atoms with Crippen LogP contribution in [0.4, 0.5) is 0 Å². The van der Waals surface area contributed by atoms with E-state index < -0.39 is 0 Å². The lowest BCUT2D eigenvalue weighted by atomic mass is 9.83. The molecule has 0 radical (unpaired) electrons. The fourth-order valence-corrected chi connectivity index (χ4v) is 1.84. The molecule has 0 aromatic heterocycles. The molecule has 0 aromatic rings. The van der Waals surface area contributed by atoms with E-state index in [1.807, 2.05) is 0 Å². The first-order valence-corrected chi connectivity index (χ1v) is 3.82. The van der Waals surface area contributed by atoms with Gasteiger partial charge in [-0.2, -0.15) is 0 Å². The highest BCUT2D eigenvalue weighted by molar-refractivity contribution is 6.12. The Morgan fingerprint density at radius 3 is 3.10 bits per heavy atom. The van der Waals surface area contributed by atoms with Crippen LogP contribution in [0.5, 0.6) is 0 Å². The maximum Gasteiger partial charge on any atom is 0.110 e. The molecule has 0 spiro atoms. The summed E-state index contributed by atoms with van der Waals surface area (Å²) in [6, 6.07) is 0.204. The first kappa shape index (κ1) is 6.64. The van der Waals surface area contributed by atoms with Gasteiger partial charge in [-0.25, -0.2) is 0 Å². The van der Waals surface area contributed by atoms with E-state index in [1.54, 1.807) is 0 Å². The average molecular weight is 141 g/mol. The van der Waals surface area contributed by atoms with Crippen molar-refractivity contribution < 1.29 is 9.84 Å². The van der Waals surface area contributed by atoms with Gasteiger partial charge in [0.1, 0.15) is 7.85 Å². The molecular weight excluding hydrogens is 129 g/mol. The predicted molar refractivity (Wildman–Crippen MR) is 39.8 cm³/mol. The summed E-state index contributed by atoms with van der Waals surface area (Å²) in [4.78, 5) is 0. The van der Waals surface area contributed by atoms with Crippen molar-refractivity contribution in [3.05, 3.63) is 0 Å². The van der Waals surface area contributed by atoms with Crippen LogP contribution in [-0.2, 0) is 4.74 Å². The molecule has 2 rings (SSSR count). The number of nitrogens with one attached hydrogen (secondary N) is 1. The summed E-state index contributed by atoms with van der Waals surface area (Å²) < 4.78 is 5.39. The van der Waals surface area contributed by atoms with Crippen LogP contribution in [-0.4, -0.2) is 44.4 Å². The molecule has 0 saturated carbocycles. The van der Waals surface area contributed by atoms with Crippen molar-refractivity contribution >= 4 is 7.85 Å². The summed E-state index contributed by atoms with van der Waals surface area (Å²) in [5.41, 5.74) is 0. The lowest BCUT2D eigenvalue weighted by molar-refractivity contribution is 0.0878. The summed E-state index contributed by atoms with van der Waals surface area (Å²) >= 11 is 0. The van der Waals surface area contributed by atoms with Gasteiger partial charge in [-0.05, 0) is 12.4 Å². The van der Waals surface area contributed by atoms with E-state index in [2.05, 4.69) is 13.2 Å². The molecule has 10 heavy (non-hydrogen) atoms. The summed E-state index contributed by atoms with van der Waals surface area (Å²) in [6.45, 7) is 1.49. The molecule has 0 amide bonds. The first-order chi connectivity index (χ1) is 4.79. The molecular formula is C6H12BNO2. The molecule has 0 aliphatic carbocycles. The number of hydrogen-bond donors (Lipinski definition) is 2. The Kier molecular flexibility index (Phi) is 1.48. The number of hydrogen-bond acceptors (Lipinski definition) is 3. The van der Waals surface area contributed by atoms with Crippen LogP contribution in [0, 0.1) is 0 Å². The SMILES string of the molecule is B[C@H]1CN[C@H]2[C@@H]1OC[C@@H]2O. The van der Waals surface area contributed by atoms with E-state index in [0.717, 1.165) is 6.54 Å². The number of ether oxygens (including phenoxy) is 1. The van der Waals surface area contributed by atoms with Gasteiger partial charge in [-0.15, -0.1) is 0 Å².